The van der Waals surface area contributed by atoms with E-state index in [0.29, 0.717) is 11.5 Å². The summed E-state index contributed by atoms with van der Waals surface area (Å²) in [6.07, 6.45) is 0. The molecule has 0 bridgehead atoms. The van der Waals surface area contributed by atoms with Crippen LogP contribution >= 0.6 is 0 Å². The fraction of sp³-hybridized carbons (Fsp3) is 0.429. The molecule has 0 radical (unpaired) electrons. The van der Waals surface area contributed by atoms with E-state index < -0.39 is 0 Å². The second-order valence-corrected chi connectivity index (χ2v) is 2.31. The first kappa shape index (κ1) is 6.99. The highest BCUT2D eigenvalue weighted by Gasteiger charge is 2.24. The van der Waals surface area contributed by atoms with Crippen molar-refractivity contribution >= 4 is 11.9 Å². The predicted octanol–water partition coefficient (Wildman–Crippen LogP) is 0.906. The van der Waals surface area contributed by atoms with Crippen molar-refractivity contribution in [3.63, 3.8) is 0 Å². The van der Waals surface area contributed by atoms with E-state index in [1.807, 2.05) is 0 Å². The zero-order valence-electron chi connectivity index (χ0n) is 6.05. The van der Waals surface area contributed by atoms with Gasteiger partial charge in [0.05, 0.1) is 0 Å². The SMILES string of the molecule is C=C(C)C1=NC(C)C(=O)O1. The summed E-state index contributed by atoms with van der Waals surface area (Å²) < 4.78 is 4.75. The summed E-state index contributed by atoms with van der Waals surface area (Å²) in [5, 5.41) is 0. The van der Waals surface area contributed by atoms with Crippen molar-refractivity contribution < 1.29 is 9.53 Å². The van der Waals surface area contributed by atoms with Crippen molar-refractivity contribution in [3.05, 3.63) is 12.2 Å². The first-order valence-corrected chi connectivity index (χ1v) is 3.06. The fourth-order valence-electron chi connectivity index (χ4n) is 0.633. The van der Waals surface area contributed by atoms with Gasteiger partial charge in [-0.25, -0.2) is 9.79 Å². The Hall–Kier alpha value is -1.12. The topological polar surface area (TPSA) is 38.7 Å². The van der Waals surface area contributed by atoms with Crippen molar-refractivity contribution in [2.24, 2.45) is 4.99 Å². The monoisotopic (exact) mass is 139 g/mol. The lowest BCUT2D eigenvalue weighted by Crippen LogP contribution is -2.10. The molecule has 0 N–H and O–H groups in total. The number of rotatable bonds is 1. The van der Waals surface area contributed by atoms with Gasteiger partial charge in [-0.2, -0.15) is 0 Å². The molecule has 1 unspecified atom stereocenters. The average molecular weight is 139 g/mol. The van der Waals surface area contributed by atoms with E-state index in [2.05, 4.69) is 11.6 Å². The number of hydrogen-bond acceptors (Lipinski definition) is 3. The molecule has 1 rings (SSSR count). The molecule has 0 fully saturated rings. The highest BCUT2D eigenvalue weighted by Crippen LogP contribution is 2.09. The Morgan fingerprint density at radius 2 is 2.40 bits per heavy atom. The lowest BCUT2D eigenvalue weighted by Gasteiger charge is -1.94. The van der Waals surface area contributed by atoms with E-state index in [9.17, 15) is 4.79 Å². The minimum Gasteiger partial charge on any atom is -0.406 e. The molecule has 0 amide bonds. The molecule has 0 aromatic rings. The quantitative estimate of drug-likeness (QED) is 0.506. The van der Waals surface area contributed by atoms with E-state index in [0.717, 1.165) is 0 Å². The van der Waals surface area contributed by atoms with Crippen molar-refractivity contribution in [3.8, 4) is 0 Å². The van der Waals surface area contributed by atoms with E-state index in [1.54, 1.807) is 13.8 Å². The Morgan fingerprint density at radius 1 is 1.80 bits per heavy atom. The van der Waals surface area contributed by atoms with Crippen LogP contribution in [0.4, 0.5) is 0 Å². The van der Waals surface area contributed by atoms with E-state index in [4.69, 9.17) is 4.74 Å². The second kappa shape index (κ2) is 2.25. The van der Waals surface area contributed by atoms with E-state index in [-0.39, 0.29) is 12.0 Å². The van der Waals surface area contributed by atoms with Gasteiger partial charge in [0, 0.05) is 5.57 Å². The maximum absolute atomic E-state index is 10.7. The third-order valence-electron chi connectivity index (χ3n) is 1.21. The predicted molar refractivity (Wildman–Crippen MR) is 37.8 cm³/mol. The highest BCUT2D eigenvalue weighted by atomic mass is 16.6. The Morgan fingerprint density at radius 3 is 2.60 bits per heavy atom. The van der Waals surface area contributed by atoms with Gasteiger partial charge < -0.3 is 4.74 Å². The zero-order valence-corrected chi connectivity index (χ0v) is 6.05. The van der Waals surface area contributed by atoms with Crippen LogP contribution in [-0.4, -0.2) is 17.9 Å². The number of hydrogen-bond donors (Lipinski definition) is 0. The molecule has 1 atom stereocenters. The molecule has 0 saturated carbocycles. The molecule has 0 aromatic carbocycles. The molecule has 3 heteroatoms. The van der Waals surface area contributed by atoms with Gasteiger partial charge in [-0.3, -0.25) is 0 Å². The van der Waals surface area contributed by atoms with Gasteiger partial charge in [0.1, 0.15) is 6.04 Å². The van der Waals surface area contributed by atoms with Crippen LogP contribution in [0.3, 0.4) is 0 Å². The molecular formula is C7H9NO2. The lowest BCUT2D eigenvalue weighted by molar-refractivity contribution is -0.134. The number of nitrogens with zero attached hydrogens (tertiary/aromatic N) is 1. The molecule has 10 heavy (non-hydrogen) atoms. The summed E-state index contributed by atoms with van der Waals surface area (Å²) in [4.78, 5) is 14.6. The largest absolute Gasteiger partial charge is 0.406 e. The van der Waals surface area contributed by atoms with Crippen LogP contribution in [-0.2, 0) is 9.53 Å². The Balaban J connectivity index is 2.77. The number of carbonyl (C=O) groups excluding carboxylic acids is 1. The summed E-state index contributed by atoms with van der Waals surface area (Å²) in [5.41, 5.74) is 0.692. The van der Waals surface area contributed by atoms with Gasteiger partial charge in [0.2, 0.25) is 5.90 Å². The van der Waals surface area contributed by atoms with Gasteiger partial charge >= 0.3 is 5.97 Å². The smallest absolute Gasteiger partial charge is 0.337 e. The number of esters is 1. The average Bonchev–Trinajstić information content (AvgIpc) is 2.13. The molecule has 54 valence electrons. The van der Waals surface area contributed by atoms with Gasteiger partial charge in [-0.15, -0.1) is 0 Å². The van der Waals surface area contributed by atoms with Crippen molar-refractivity contribution in [1.29, 1.82) is 0 Å². The minimum absolute atomic E-state index is 0.294. The summed E-state index contributed by atoms with van der Waals surface area (Å²) in [6, 6.07) is -0.355. The molecule has 0 aromatic heterocycles. The maximum Gasteiger partial charge on any atom is 0.337 e. The van der Waals surface area contributed by atoms with Crippen LogP contribution in [0.15, 0.2) is 17.1 Å². The molecule has 0 saturated heterocycles. The Bertz CT molecular complexity index is 218. The molecule has 1 heterocycles. The minimum atomic E-state index is -0.355. The molecule has 0 spiro atoms. The van der Waals surface area contributed by atoms with Gasteiger partial charge in [-0.1, -0.05) is 6.58 Å². The van der Waals surface area contributed by atoms with Gasteiger partial charge in [0.15, 0.2) is 0 Å². The fourth-order valence-corrected chi connectivity index (χ4v) is 0.633. The highest BCUT2D eigenvalue weighted by molar-refractivity contribution is 6.05. The first-order valence-electron chi connectivity index (χ1n) is 3.06. The first-order chi connectivity index (χ1) is 4.61. The lowest BCUT2D eigenvalue weighted by atomic mass is 10.3. The molecule has 1 aliphatic rings. The van der Waals surface area contributed by atoms with Crippen molar-refractivity contribution in [2.75, 3.05) is 0 Å². The maximum atomic E-state index is 10.7. The standard InChI is InChI=1S/C7H9NO2/c1-4(2)6-8-5(3)7(9)10-6/h5H,1H2,2-3H3. The molecule has 1 aliphatic heterocycles. The van der Waals surface area contributed by atoms with Crippen LogP contribution in [0.25, 0.3) is 0 Å². The Labute approximate surface area is 59.4 Å². The number of cyclic esters (lactones) is 1. The van der Waals surface area contributed by atoms with E-state index >= 15 is 0 Å². The van der Waals surface area contributed by atoms with Crippen molar-refractivity contribution in [2.45, 2.75) is 19.9 Å². The summed E-state index contributed by atoms with van der Waals surface area (Å²) >= 11 is 0. The third kappa shape index (κ3) is 1.07. The van der Waals surface area contributed by atoms with Gasteiger partial charge in [-0.05, 0) is 13.8 Å². The van der Waals surface area contributed by atoms with Crippen LogP contribution in [0.1, 0.15) is 13.8 Å². The van der Waals surface area contributed by atoms with Gasteiger partial charge in [0.25, 0.3) is 0 Å². The van der Waals surface area contributed by atoms with E-state index in [1.165, 1.54) is 0 Å². The van der Waals surface area contributed by atoms with Crippen LogP contribution in [0, 0.1) is 0 Å². The number of aliphatic imine (C=N–C) groups is 1. The number of ether oxygens (including phenoxy) is 1. The molecule has 3 nitrogen and oxygen atoms in total. The second-order valence-electron chi connectivity index (χ2n) is 2.31. The summed E-state index contributed by atoms with van der Waals surface area (Å²) in [5.74, 6) is 0.0792. The van der Waals surface area contributed by atoms with Crippen LogP contribution in [0.2, 0.25) is 0 Å². The Kier molecular flexibility index (Phi) is 1.57. The van der Waals surface area contributed by atoms with Crippen LogP contribution in [0.5, 0.6) is 0 Å². The van der Waals surface area contributed by atoms with Crippen LogP contribution < -0.4 is 0 Å². The zero-order chi connectivity index (χ0) is 7.72. The number of carbonyl (C=O) groups is 1. The normalized spacial score (nSPS) is 24.0. The van der Waals surface area contributed by atoms with Crippen molar-refractivity contribution in [1.82, 2.24) is 0 Å². The third-order valence-corrected chi connectivity index (χ3v) is 1.21. The molecular weight excluding hydrogens is 130 g/mol. The molecule has 0 aliphatic carbocycles. The summed E-state index contributed by atoms with van der Waals surface area (Å²) in [7, 11) is 0. The summed E-state index contributed by atoms with van der Waals surface area (Å²) in [6.45, 7) is 7.04.